The molecule has 0 bridgehead atoms. The van der Waals surface area contributed by atoms with E-state index in [-0.39, 0.29) is 5.41 Å². The molecule has 0 aliphatic rings. The van der Waals surface area contributed by atoms with E-state index in [0.29, 0.717) is 11.3 Å². The Labute approximate surface area is 99.1 Å². The van der Waals surface area contributed by atoms with Gasteiger partial charge in [0.05, 0.1) is 5.69 Å². The second kappa shape index (κ2) is 3.55. The molecule has 2 heterocycles. The Kier molecular flexibility index (Phi) is 2.41. The third kappa shape index (κ3) is 1.77. The van der Waals surface area contributed by atoms with Crippen LogP contribution in [-0.4, -0.2) is 26.0 Å². The van der Waals surface area contributed by atoms with Gasteiger partial charge in [-0.15, -0.1) is 4.68 Å². The maximum absolute atomic E-state index is 11.0. The number of rotatable bonds is 0. The molecule has 0 spiro atoms. The van der Waals surface area contributed by atoms with E-state index in [1.807, 2.05) is 6.07 Å². The number of hydrogen-bond acceptors (Lipinski definition) is 3. The lowest BCUT2D eigenvalue weighted by atomic mass is 9.85. The van der Waals surface area contributed by atoms with Crippen molar-refractivity contribution in [2.75, 3.05) is 0 Å². The van der Waals surface area contributed by atoms with Crippen LogP contribution in [0.3, 0.4) is 0 Å². The summed E-state index contributed by atoms with van der Waals surface area (Å²) in [6.45, 7) is 8.05. The van der Waals surface area contributed by atoms with Gasteiger partial charge in [0.15, 0.2) is 5.65 Å². The molecule has 0 unspecified atom stereocenters. The first-order valence-electron chi connectivity index (χ1n) is 5.40. The molecule has 90 valence electrons. The Balaban J connectivity index is 2.87. The lowest BCUT2D eigenvalue weighted by molar-refractivity contribution is 0.193. The van der Waals surface area contributed by atoms with E-state index < -0.39 is 6.09 Å². The highest BCUT2D eigenvalue weighted by Crippen LogP contribution is 2.30. The van der Waals surface area contributed by atoms with E-state index in [1.54, 1.807) is 13.1 Å². The molecule has 0 saturated carbocycles. The second-order valence-corrected chi connectivity index (χ2v) is 5.09. The molecule has 2 aromatic heterocycles. The summed E-state index contributed by atoms with van der Waals surface area (Å²) in [6.07, 6.45) is 0.519. The molecule has 1 N–H and O–H groups in total. The van der Waals surface area contributed by atoms with E-state index in [9.17, 15) is 4.79 Å². The summed E-state index contributed by atoms with van der Waals surface area (Å²) < 4.78 is 0.930. The minimum absolute atomic E-state index is 0.0711. The predicted octanol–water partition coefficient (Wildman–Crippen LogP) is 2.56. The number of fused-ring (bicyclic) bond motifs is 1. The molecule has 0 radical (unpaired) electrons. The lowest BCUT2D eigenvalue weighted by Crippen LogP contribution is -2.13. The monoisotopic (exact) mass is 233 g/mol. The quantitative estimate of drug-likeness (QED) is 0.759. The Morgan fingerprint density at radius 2 is 2.06 bits per heavy atom. The van der Waals surface area contributed by atoms with E-state index >= 15 is 0 Å². The van der Waals surface area contributed by atoms with Gasteiger partial charge >= 0.3 is 6.09 Å². The van der Waals surface area contributed by atoms with Crippen LogP contribution in [0.5, 0.6) is 0 Å². The SMILES string of the molecule is Cc1nn(C(=O)O)c2nccc(C(C)(C)C)c12. The van der Waals surface area contributed by atoms with Crippen LogP contribution >= 0.6 is 0 Å². The van der Waals surface area contributed by atoms with Crippen LogP contribution in [0.4, 0.5) is 4.79 Å². The summed E-state index contributed by atoms with van der Waals surface area (Å²) in [6, 6.07) is 1.92. The number of carbonyl (C=O) groups is 1. The van der Waals surface area contributed by atoms with Crippen LogP contribution in [0.25, 0.3) is 11.0 Å². The molecular formula is C12H15N3O2. The molecule has 0 fully saturated rings. The third-order valence-corrected chi connectivity index (χ3v) is 2.73. The van der Waals surface area contributed by atoms with Gasteiger partial charge in [0, 0.05) is 11.6 Å². The Hall–Kier alpha value is -1.91. The van der Waals surface area contributed by atoms with E-state index in [1.165, 1.54) is 0 Å². The molecule has 2 rings (SSSR count). The lowest BCUT2D eigenvalue weighted by Gasteiger charge is -2.19. The van der Waals surface area contributed by atoms with Crippen molar-refractivity contribution in [1.82, 2.24) is 14.8 Å². The molecular weight excluding hydrogens is 218 g/mol. The molecule has 17 heavy (non-hydrogen) atoms. The summed E-state index contributed by atoms with van der Waals surface area (Å²) >= 11 is 0. The molecule has 5 heteroatoms. The Bertz CT molecular complexity index is 594. The maximum atomic E-state index is 11.0. The van der Waals surface area contributed by atoms with Gasteiger partial charge in [-0.25, -0.2) is 9.78 Å². The molecule has 0 aliphatic carbocycles. The van der Waals surface area contributed by atoms with Crippen LogP contribution in [0.2, 0.25) is 0 Å². The maximum Gasteiger partial charge on any atom is 0.434 e. The first kappa shape index (κ1) is 11.6. The summed E-state index contributed by atoms with van der Waals surface area (Å²) in [7, 11) is 0. The zero-order chi connectivity index (χ0) is 12.8. The molecule has 5 nitrogen and oxygen atoms in total. The van der Waals surface area contributed by atoms with Crippen molar-refractivity contribution in [3.63, 3.8) is 0 Å². The summed E-state index contributed by atoms with van der Waals surface area (Å²) in [5.74, 6) is 0. The number of hydrogen-bond donors (Lipinski definition) is 1. The fourth-order valence-electron chi connectivity index (χ4n) is 1.97. The number of aryl methyl sites for hydroxylation is 1. The van der Waals surface area contributed by atoms with Gasteiger partial charge in [0.25, 0.3) is 0 Å². The molecule has 0 atom stereocenters. The van der Waals surface area contributed by atoms with Crippen molar-refractivity contribution in [3.05, 3.63) is 23.5 Å². The van der Waals surface area contributed by atoms with Gasteiger partial charge in [0.2, 0.25) is 0 Å². The van der Waals surface area contributed by atoms with E-state index in [4.69, 9.17) is 5.11 Å². The van der Waals surface area contributed by atoms with Crippen LogP contribution in [0.15, 0.2) is 12.3 Å². The molecule has 0 aromatic carbocycles. The van der Waals surface area contributed by atoms with Crippen LogP contribution < -0.4 is 0 Å². The van der Waals surface area contributed by atoms with Crippen molar-refractivity contribution in [2.24, 2.45) is 0 Å². The fourth-order valence-corrected chi connectivity index (χ4v) is 1.97. The second-order valence-electron chi connectivity index (χ2n) is 5.09. The van der Waals surface area contributed by atoms with Crippen molar-refractivity contribution in [1.29, 1.82) is 0 Å². The van der Waals surface area contributed by atoms with Gasteiger partial charge in [0.1, 0.15) is 0 Å². The largest absolute Gasteiger partial charge is 0.463 e. The van der Waals surface area contributed by atoms with Crippen LogP contribution in [-0.2, 0) is 5.41 Å². The van der Waals surface area contributed by atoms with Gasteiger partial charge < -0.3 is 5.11 Å². The van der Waals surface area contributed by atoms with Gasteiger partial charge in [-0.3, -0.25) is 0 Å². The molecule has 0 amide bonds. The average molecular weight is 233 g/mol. The van der Waals surface area contributed by atoms with Crippen molar-refractivity contribution in [3.8, 4) is 0 Å². The Morgan fingerprint density at radius 1 is 1.41 bits per heavy atom. The first-order valence-corrected chi connectivity index (χ1v) is 5.40. The van der Waals surface area contributed by atoms with Gasteiger partial charge in [-0.2, -0.15) is 5.10 Å². The first-order chi connectivity index (χ1) is 7.82. The fraction of sp³-hybridized carbons (Fsp3) is 0.417. The van der Waals surface area contributed by atoms with Crippen molar-refractivity contribution in [2.45, 2.75) is 33.1 Å². The summed E-state index contributed by atoms with van der Waals surface area (Å²) in [4.78, 5) is 15.2. The molecule has 0 saturated heterocycles. The zero-order valence-electron chi connectivity index (χ0n) is 10.4. The number of carboxylic acid groups (broad SMARTS) is 1. The van der Waals surface area contributed by atoms with Crippen molar-refractivity contribution >= 4 is 17.1 Å². The third-order valence-electron chi connectivity index (χ3n) is 2.73. The molecule has 2 aromatic rings. The standard InChI is InChI=1S/C12H15N3O2/c1-7-9-8(12(2,3)4)5-6-13-10(9)15(14-7)11(16)17/h5-6H,1-4H3,(H,16,17). The van der Waals surface area contributed by atoms with Gasteiger partial charge in [-0.1, -0.05) is 20.8 Å². The molecule has 0 aliphatic heterocycles. The normalized spacial score (nSPS) is 12.0. The highest BCUT2D eigenvalue weighted by atomic mass is 16.4. The van der Waals surface area contributed by atoms with Crippen LogP contribution in [0.1, 0.15) is 32.0 Å². The van der Waals surface area contributed by atoms with Gasteiger partial charge in [-0.05, 0) is 24.0 Å². The number of nitrogens with zero attached hydrogens (tertiary/aromatic N) is 3. The summed E-state index contributed by atoms with van der Waals surface area (Å²) in [5.41, 5.74) is 2.09. The topological polar surface area (TPSA) is 68.0 Å². The van der Waals surface area contributed by atoms with Crippen molar-refractivity contribution < 1.29 is 9.90 Å². The zero-order valence-corrected chi connectivity index (χ0v) is 10.4. The predicted molar refractivity (Wildman–Crippen MR) is 64.4 cm³/mol. The van der Waals surface area contributed by atoms with Crippen LogP contribution in [0, 0.1) is 6.92 Å². The minimum Gasteiger partial charge on any atom is -0.463 e. The highest BCUT2D eigenvalue weighted by Gasteiger charge is 2.22. The minimum atomic E-state index is -1.11. The Morgan fingerprint density at radius 3 is 2.59 bits per heavy atom. The summed E-state index contributed by atoms with van der Waals surface area (Å²) in [5, 5.41) is 13.9. The average Bonchev–Trinajstić information content (AvgIpc) is 2.55. The number of aromatic nitrogens is 3. The van der Waals surface area contributed by atoms with E-state index in [0.717, 1.165) is 15.6 Å². The number of pyridine rings is 1. The highest BCUT2D eigenvalue weighted by molar-refractivity contribution is 5.89. The smallest absolute Gasteiger partial charge is 0.434 e. The van der Waals surface area contributed by atoms with E-state index in [2.05, 4.69) is 30.9 Å².